The highest BCUT2D eigenvalue weighted by atomic mass is 79.9. The Balaban J connectivity index is 1.54. The number of thiophene rings is 1. The molecule has 0 radical (unpaired) electrons. The molecule has 0 fully saturated rings. The van der Waals surface area contributed by atoms with Gasteiger partial charge in [0.05, 0.1) is 5.69 Å². The number of esters is 1. The van der Waals surface area contributed by atoms with Crippen molar-refractivity contribution in [3.63, 3.8) is 0 Å². The lowest BCUT2D eigenvalue weighted by molar-refractivity contribution is -0.119. The number of nitrogens with one attached hydrogen (secondary N) is 1. The van der Waals surface area contributed by atoms with Crippen molar-refractivity contribution in [3.8, 4) is 0 Å². The minimum atomic E-state index is -0.580. The summed E-state index contributed by atoms with van der Waals surface area (Å²) >= 11 is 4.55. The number of carbonyl (C=O) groups excluding carboxylic acids is 2. The highest BCUT2D eigenvalue weighted by Crippen LogP contribution is 2.30. The number of hydrogen-bond acceptors (Lipinski definition) is 4. The summed E-state index contributed by atoms with van der Waals surface area (Å²) in [5.41, 5.74) is 1.24. The van der Waals surface area contributed by atoms with Gasteiger partial charge in [0.2, 0.25) is 0 Å². The number of halogens is 2. The van der Waals surface area contributed by atoms with Crippen LogP contribution in [0.5, 0.6) is 0 Å². The van der Waals surface area contributed by atoms with Gasteiger partial charge in [-0.3, -0.25) is 4.79 Å². The fraction of sp³-hybridized carbons (Fsp3) is 0.250. The summed E-state index contributed by atoms with van der Waals surface area (Å²) < 4.78 is 19.2. The molecule has 1 aliphatic carbocycles. The quantitative estimate of drug-likeness (QED) is 0.794. The predicted molar refractivity (Wildman–Crippen MR) is 89.4 cm³/mol. The zero-order valence-electron chi connectivity index (χ0n) is 12.0. The summed E-state index contributed by atoms with van der Waals surface area (Å²) in [5.74, 6) is -1.66. The summed E-state index contributed by atoms with van der Waals surface area (Å²) in [6.07, 6.45) is 3.11. The van der Waals surface area contributed by atoms with Crippen molar-refractivity contribution in [3.05, 3.63) is 49.9 Å². The third kappa shape index (κ3) is 3.79. The van der Waals surface area contributed by atoms with Crippen LogP contribution in [0, 0.1) is 5.82 Å². The minimum absolute atomic E-state index is 0.0457. The van der Waals surface area contributed by atoms with E-state index in [1.165, 1.54) is 33.9 Å². The van der Waals surface area contributed by atoms with Crippen LogP contribution < -0.4 is 5.32 Å². The van der Waals surface area contributed by atoms with Gasteiger partial charge < -0.3 is 10.1 Å². The maximum absolute atomic E-state index is 13.6. The molecule has 2 aromatic rings. The van der Waals surface area contributed by atoms with E-state index in [4.69, 9.17) is 4.74 Å². The Morgan fingerprint density at radius 1 is 1.30 bits per heavy atom. The van der Waals surface area contributed by atoms with Gasteiger partial charge in [-0.15, -0.1) is 11.3 Å². The number of aryl methyl sites for hydroxylation is 2. The lowest BCUT2D eigenvalue weighted by atomic mass is 10.2. The Morgan fingerprint density at radius 2 is 2.13 bits per heavy atom. The first-order valence-corrected chi connectivity index (χ1v) is 8.67. The van der Waals surface area contributed by atoms with Crippen molar-refractivity contribution in [1.29, 1.82) is 0 Å². The molecule has 7 heteroatoms. The zero-order valence-corrected chi connectivity index (χ0v) is 14.4. The van der Waals surface area contributed by atoms with Crippen molar-refractivity contribution in [2.75, 3.05) is 11.9 Å². The van der Waals surface area contributed by atoms with Crippen LogP contribution in [-0.2, 0) is 22.4 Å². The van der Waals surface area contributed by atoms with E-state index in [-0.39, 0.29) is 5.69 Å². The van der Waals surface area contributed by atoms with Crippen molar-refractivity contribution in [1.82, 2.24) is 0 Å². The Morgan fingerprint density at radius 3 is 2.87 bits per heavy atom. The van der Waals surface area contributed by atoms with Gasteiger partial charge in [-0.1, -0.05) is 15.9 Å². The molecule has 23 heavy (non-hydrogen) atoms. The van der Waals surface area contributed by atoms with Crippen molar-refractivity contribution in [2.24, 2.45) is 0 Å². The van der Waals surface area contributed by atoms with Crippen LogP contribution in [-0.4, -0.2) is 18.5 Å². The second kappa shape index (κ2) is 6.80. The molecular weight excluding hydrogens is 385 g/mol. The molecule has 0 unspecified atom stereocenters. The van der Waals surface area contributed by atoms with Gasteiger partial charge in [0.25, 0.3) is 5.91 Å². The van der Waals surface area contributed by atoms with Crippen LogP contribution in [0.4, 0.5) is 10.1 Å². The molecule has 4 nitrogen and oxygen atoms in total. The zero-order chi connectivity index (χ0) is 16.4. The van der Waals surface area contributed by atoms with E-state index in [9.17, 15) is 14.0 Å². The number of rotatable bonds is 4. The number of fused-ring (bicyclic) bond motifs is 1. The molecule has 1 aromatic carbocycles. The van der Waals surface area contributed by atoms with Crippen LogP contribution in [0.25, 0.3) is 0 Å². The van der Waals surface area contributed by atoms with Crippen molar-refractivity contribution >= 4 is 44.8 Å². The summed E-state index contributed by atoms with van der Waals surface area (Å²) in [6, 6.07) is 6.12. The fourth-order valence-electron chi connectivity index (χ4n) is 2.41. The normalized spacial score (nSPS) is 12.8. The van der Waals surface area contributed by atoms with E-state index in [0.29, 0.717) is 9.35 Å². The molecule has 0 atom stereocenters. The van der Waals surface area contributed by atoms with E-state index in [1.807, 2.05) is 6.07 Å². The van der Waals surface area contributed by atoms with Gasteiger partial charge in [-0.2, -0.15) is 0 Å². The molecule has 1 aliphatic rings. The number of benzene rings is 1. The first-order valence-electron chi connectivity index (χ1n) is 7.06. The highest BCUT2D eigenvalue weighted by molar-refractivity contribution is 9.10. The van der Waals surface area contributed by atoms with Gasteiger partial charge in [0.15, 0.2) is 6.61 Å². The molecule has 120 valence electrons. The number of ether oxygens (including phenoxy) is 1. The second-order valence-electron chi connectivity index (χ2n) is 5.16. The molecule has 1 aromatic heterocycles. The van der Waals surface area contributed by atoms with E-state index >= 15 is 0 Å². The van der Waals surface area contributed by atoms with Crippen LogP contribution in [0.15, 0.2) is 28.7 Å². The summed E-state index contributed by atoms with van der Waals surface area (Å²) in [6.45, 7) is -0.448. The van der Waals surface area contributed by atoms with Gasteiger partial charge in [-0.25, -0.2) is 9.18 Å². The minimum Gasteiger partial charge on any atom is -0.451 e. The van der Waals surface area contributed by atoms with Crippen LogP contribution in [0.2, 0.25) is 0 Å². The average molecular weight is 398 g/mol. The maximum atomic E-state index is 13.6. The molecule has 0 saturated carbocycles. The first kappa shape index (κ1) is 16.1. The van der Waals surface area contributed by atoms with Gasteiger partial charge in [-0.05, 0) is 49.1 Å². The Hall–Kier alpha value is -1.73. The molecular formula is C16H13BrFNO3S. The molecule has 0 bridgehead atoms. The third-order valence-electron chi connectivity index (χ3n) is 3.49. The van der Waals surface area contributed by atoms with Crippen molar-refractivity contribution in [2.45, 2.75) is 19.3 Å². The Kier molecular flexibility index (Phi) is 4.77. The Bertz CT molecular complexity index is 753. The van der Waals surface area contributed by atoms with Gasteiger partial charge in [0.1, 0.15) is 10.7 Å². The number of carbonyl (C=O) groups is 2. The SMILES string of the molecule is O=C(COC(=O)c1cc2c(s1)CCC2)Nc1ccc(Br)cc1F. The molecule has 0 spiro atoms. The van der Waals surface area contributed by atoms with E-state index in [1.54, 1.807) is 6.07 Å². The number of hydrogen-bond donors (Lipinski definition) is 1. The van der Waals surface area contributed by atoms with Crippen LogP contribution >= 0.6 is 27.3 Å². The molecule has 1 heterocycles. The molecule has 1 N–H and O–H groups in total. The number of amides is 1. The lowest BCUT2D eigenvalue weighted by Gasteiger charge is -2.07. The smallest absolute Gasteiger partial charge is 0.348 e. The molecule has 0 saturated heterocycles. The molecule has 3 rings (SSSR count). The van der Waals surface area contributed by atoms with E-state index in [0.717, 1.165) is 19.3 Å². The predicted octanol–water partition coefficient (Wildman–Crippen LogP) is 3.93. The third-order valence-corrected chi connectivity index (χ3v) is 5.20. The maximum Gasteiger partial charge on any atom is 0.348 e. The summed E-state index contributed by atoms with van der Waals surface area (Å²) in [4.78, 5) is 25.4. The van der Waals surface area contributed by atoms with Crippen molar-refractivity contribution < 1.29 is 18.7 Å². The van der Waals surface area contributed by atoms with Gasteiger partial charge >= 0.3 is 5.97 Å². The average Bonchev–Trinajstić information content (AvgIpc) is 3.09. The lowest BCUT2D eigenvalue weighted by Crippen LogP contribution is -2.21. The first-order chi connectivity index (χ1) is 11.0. The van der Waals surface area contributed by atoms with E-state index in [2.05, 4.69) is 21.2 Å². The standard InChI is InChI=1S/C16H13BrFNO3S/c17-10-4-5-12(11(18)7-10)19-15(20)8-22-16(21)14-6-9-2-1-3-13(9)23-14/h4-7H,1-3,8H2,(H,19,20). The fourth-order valence-corrected chi connectivity index (χ4v) is 3.89. The summed E-state index contributed by atoms with van der Waals surface area (Å²) in [7, 11) is 0. The van der Waals surface area contributed by atoms with Gasteiger partial charge in [0, 0.05) is 9.35 Å². The summed E-state index contributed by atoms with van der Waals surface area (Å²) in [5, 5.41) is 2.37. The van der Waals surface area contributed by atoms with Crippen LogP contribution in [0.1, 0.15) is 26.5 Å². The van der Waals surface area contributed by atoms with E-state index < -0.39 is 24.3 Å². The molecule has 0 aliphatic heterocycles. The Labute approximate surface area is 144 Å². The topological polar surface area (TPSA) is 55.4 Å². The van der Waals surface area contributed by atoms with Crippen LogP contribution in [0.3, 0.4) is 0 Å². The second-order valence-corrected chi connectivity index (χ2v) is 7.21. The highest BCUT2D eigenvalue weighted by Gasteiger charge is 2.20. The largest absolute Gasteiger partial charge is 0.451 e. The molecule has 1 amide bonds. The number of anilines is 1. The monoisotopic (exact) mass is 397 g/mol.